The second kappa shape index (κ2) is 7.25. The van der Waals surface area contributed by atoms with E-state index in [0.29, 0.717) is 18.4 Å². The first-order valence-corrected chi connectivity index (χ1v) is 7.63. The lowest BCUT2D eigenvalue weighted by Gasteiger charge is -2.17. The van der Waals surface area contributed by atoms with Crippen LogP contribution in [-0.4, -0.2) is 32.8 Å². The van der Waals surface area contributed by atoms with Crippen LogP contribution in [0.4, 0.5) is 0 Å². The molecular weight excluding hydrogens is 224 g/mol. The summed E-state index contributed by atoms with van der Waals surface area (Å²) in [5.41, 5.74) is 0. The number of nitrogens with one attached hydrogen (secondary N) is 2. The third-order valence-corrected chi connectivity index (χ3v) is 4.06. The molecule has 98 valence electrons. The lowest BCUT2D eigenvalue weighted by atomic mass is 10.1. The minimum atomic E-state index is -3.11. The van der Waals surface area contributed by atoms with Gasteiger partial charge >= 0.3 is 0 Å². The molecule has 0 rings (SSSR count). The van der Waals surface area contributed by atoms with E-state index in [1.807, 2.05) is 34.6 Å². The first kappa shape index (κ1) is 15.9. The molecule has 1 atom stereocenters. The SMILES string of the molecule is CC(C)NCCCS(=O)(=O)NC(C)C(C)C. The summed E-state index contributed by atoms with van der Waals surface area (Å²) in [5, 5.41) is 3.20. The predicted molar refractivity (Wildman–Crippen MR) is 69.0 cm³/mol. The van der Waals surface area contributed by atoms with Gasteiger partial charge in [-0.1, -0.05) is 27.7 Å². The van der Waals surface area contributed by atoms with E-state index in [2.05, 4.69) is 10.0 Å². The van der Waals surface area contributed by atoms with Crippen LogP contribution in [-0.2, 0) is 10.0 Å². The molecule has 0 aliphatic heterocycles. The second-order valence-electron chi connectivity index (χ2n) is 4.93. The highest BCUT2D eigenvalue weighted by atomic mass is 32.2. The van der Waals surface area contributed by atoms with Crippen LogP contribution >= 0.6 is 0 Å². The molecule has 2 N–H and O–H groups in total. The molecule has 0 saturated heterocycles. The molecule has 0 spiro atoms. The number of rotatable bonds is 8. The molecule has 0 radical (unpaired) electrons. The van der Waals surface area contributed by atoms with Gasteiger partial charge in [0, 0.05) is 12.1 Å². The molecule has 0 bridgehead atoms. The number of sulfonamides is 1. The van der Waals surface area contributed by atoms with Crippen molar-refractivity contribution in [2.75, 3.05) is 12.3 Å². The smallest absolute Gasteiger partial charge is 0.211 e. The Morgan fingerprint density at radius 2 is 1.62 bits per heavy atom. The summed E-state index contributed by atoms with van der Waals surface area (Å²) in [6.45, 7) is 10.8. The van der Waals surface area contributed by atoms with Gasteiger partial charge in [0.05, 0.1) is 5.75 Å². The molecule has 0 saturated carbocycles. The Hall–Kier alpha value is -0.130. The third kappa shape index (κ3) is 8.07. The lowest BCUT2D eigenvalue weighted by molar-refractivity contribution is 0.475. The van der Waals surface area contributed by atoms with E-state index < -0.39 is 10.0 Å². The standard InChI is InChI=1S/C11H26N2O2S/c1-9(2)11(5)13-16(14,15)8-6-7-12-10(3)4/h9-13H,6-8H2,1-5H3. The highest BCUT2D eigenvalue weighted by molar-refractivity contribution is 7.89. The normalized spacial score (nSPS) is 14.7. The van der Waals surface area contributed by atoms with Gasteiger partial charge in [-0.25, -0.2) is 13.1 Å². The number of hydrogen-bond donors (Lipinski definition) is 2. The molecule has 1 unspecified atom stereocenters. The van der Waals surface area contributed by atoms with Crippen LogP contribution in [0.2, 0.25) is 0 Å². The summed E-state index contributed by atoms with van der Waals surface area (Å²) in [4.78, 5) is 0. The van der Waals surface area contributed by atoms with Crippen LogP contribution in [0.15, 0.2) is 0 Å². The average molecular weight is 250 g/mol. The summed E-state index contributed by atoms with van der Waals surface area (Å²) in [6, 6.07) is 0.410. The molecule has 0 aromatic rings. The van der Waals surface area contributed by atoms with E-state index in [-0.39, 0.29) is 11.8 Å². The zero-order valence-corrected chi connectivity index (χ0v) is 11.9. The summed E-state index contributed by atoms with van der Waals surface area (Å²) in [7, 11) is -3.11. The Balaban J connectivity index is 3.88. The van der Waals surface area contributed by atoms with Gasteiger partial charge in [0.15, 0.2) is 0 Å². The molecule has 0 aliphatic carbocycles. The molecule has 4 nitrogen and oxygen atoms in total. The highest BCUT2D eigenvalue weighted by Crippen LogP contribution is 2.02. The minimum absolute atomic E-state index is 0.00283. The maximum Gasteiger partial charge on any atom is 0.211 e. The van der Waals surface area contributed by atoms with E-state index in [9.17, 15) is 8.42 Å². The molecule has 5 heteroatoms. The van der Waals surface area contributed by atoms with Gasteiger partial charge in [0.2, 0.25) is 10.0 Å². The first-order chi connectivity index (χ1) is 7.24. The Morgan fingerprint density at radius 3 is 2.06 bits per heavy atom. The fourth-order valence-corrected chi connectivity index (χ4v) is 2.61. The fraction of sp³-hybridized carbons (Fsp3) is 1.00. The summed E-state index contributed by atoms with van der Waals surface area (Å²) < 4.78 is 26.0. The zero-order valence-electron chi connectivity index (χ0n) is 11.1. The van der Waals surface area contributed by atoms with E-state index in [4.69, 9.17) is 0 Å². The molecule has 16 heavy (non-hydrogen) atoms. The molecule has 0 aromatic heterocycles. The fourth-order valence-electron chi connectivity index (χ4n) is 1.13. The van der Waals surface area contributed by atoms with Gasteiger partial charge in [0.25, 0.3) is 0 Å². The Morgan fingerprint density at radius 1 is 1.06 bits per heavy atom. The van der Waals surface area contributed by atoms with E-state index in [1.54, 1.807) is 0 Å². The van der Waals surface area contributed by atoms with Crippen LogP contribution in [0.3, 0.4) is 0 Å². The van der Waals surface area contributed by atoms with Crippen molar-refractivity contribution in [3.8, 4) is 0 Å². The zero-order chi connectivity index (χ0) is 12.8. The van der Waals surface area contributed by atoms with Crippen molar-refractivity contribution < 1.29 is 8.42 Å². The van der Waals surface area contributed by atoms with E-state index in [1.165, 1.54) is 0 Å². The van der Waals surface area contributed by atoms with Crippen molar-refractivity contribution >= 4 is 10.0 Å². The van der Waals surface area contributed by atoms with Crippen molar-refractivity contribution in [3.63, 3.8) is 0 Å². The van der Waals surface area contributed by atoms with Gasteiger partial charge < -0.3 is 5.32 Å². The molecule has 0 aromatic carbocycles. The molecule has 0 fully saturated rings. The lowest BCUT2D eigenvalue weighted by Crippen LogP contribution is -2.38. The van der Waals surface area contributed by atoms with Gasteiger partial charge in [-0.05, 0) is 25.8 Å². The van der Waals surface area contributed by atoms with Crippen molar-refractivity contribution in [1.29, 1.82) is 0 Å². The number of hydrogen-bond acceptors (Lipinski definition) is 3. The minimum Gasteiger partial charge on any atom is -0.314 e. The van der Waals surface area contributed by atoms with Crippen LogP contribution in [0.5, 0.6) is 0 Å². The van der Waals surface area contributed by atoms with Gasteiger partial charge in [-0.3, -0.25) is 0 Å². The maximum atomic E-state index is 11.7. The van der Waals surface area contributed by atoms with Crippen LogP contribution in [0, 0.1) is 5.92 Å². The van der Waals surface area contributed by atoms with Crippen molar-refractivity contribution in [2.24, 2.45) is 5.92 Å². The predicted octanol–water partition coefficient (Wildman–Crippen LogP) is 1.34. The topological polar surface area (TPSA) is 58.2 Å². The molecule has 0 aliphatic rings. The van der Waals surface area contributed by atoms with Gasteiger partial charge in [-0.15, -0.1) is 0 Å². The summed E-state index contributed by atoms with van der Waals surface area (Å²) >= 11 is 0. The molecule has 0 heterocycles. The van der Waals surface area contributed by atoms with Gasteiger partial charge in [0.1, 0.15) is 0 Å². The van der Waals surface area contributed by atoms with Crippen LogP contribution < -0.4 is 10.0 Å². The largest absolute Gasteiger partial charge is 0.314 e. The van der Waals surface area contributed by atoms with E-state index >= 15 is 0 Å². The Labute approximate surface area is 100 Å². The van der Waals surface area contributed by atoms with Crippen molar-refractivity contribution in [1.82, 2.24) is 10.0 Å². The molecule has 0 amide bonds. The first-order valence-electron chi connectivity index (χ1n) is 5.98. The summed E-state index contributed by atoms with van der Waals surface area (Å²) in [6.07, 6.45) is 0.651. The van der Waals surface area contributed by atoms with Gasteiger partial charge in [-0.2, -0.15) is 0 Å². The highest BCUT2D eigenvalue weighted by Gasteiger charge is 2.16. The average Bonchev–Trinajstić information content (AvgIpc) is 2.11. The van der Waals surface area contributed by atoms with Crippen LogP contribution in [0.25, 0.3) is 0 Å². The Kier molecular flexibility index (Phi) is 7.19. The van der Waals surface area contributed by atoms with Crippen molar-refractivity contribution in [2.45, 2.75) is 53.1 Å². The maximum absolute atomic E-state index is 11.7. The van der Waals surface area contributed by atoms with Crippen molar-refractivity contribution in [3.05, 3.63) is 0 Å². The van der Waals surface area contributed by atoms with E-state index in [0.717, 1.165) is 6.54 Å². The second-order valence-corrected chi connectivity index (χ2v) is 6.81. The molecular formula is C11H26N2O2S. The monoisotopic (exact) mass is 250 g/mol. The third-order valence-electron chi connectivity index (χ3n) is 2.51. The Bertz CT molecular complexity index is 274. The quantitative estimate of drug-likeness (QED) is 0.639. The van der Waals surface area contributed by atoms with Crippen LogP contribution in [0.1, 0.15) is 41.0 Å². The summed E-state index contributed by atoms with van der Waals surface area (Å²) in [5.74, 6) is 0.521.